The molecule has 1 aliphatic rings. The summed E-state index contributed by atoms with van der Waals surface area (Å²) in [4.78, 5) is 18.6. The van der Waals surface area contributed by atoms with Crippen molar-refractivity contribution in [1.29, 1.82) is 0 Å². The second-order valence-corrected chi connectivity index (χ2v) is 7.71. The van der Waals surface area contributed by atoms with Crippen molar-refractivity contribution in [3.63, 3.8) is 0 Å². The maximum atomic E-state index is 12.3. The molecule has 0 N–H and O–H groups in total. The quantitative estimate of drug-likeness (QED) is 0.771. The molecular formula is C15H20N4O2S2. The Hall–Kier alpha value is -1.41. The summed E-state index contributed by atoms with van der Waals surface area (Å²) in [7, 11) is 0. The van der Waals surface area contributed by atoms with Crippen LogP contribution >= 0.6 is 23.1 Å². The molecule has 0 aromatic carbocycles. The van der Waals surface area contributed by atoms with E-state index >= 15 is 0 Å². The normalized spacial score (nSPS) is 18.3. The topological polar surface area (TPSA) is 72.1 Å². The summed E-state index contributed by atoms with van der Waals surface area (Å²) in [6.07, 6.45) is 3.93. The van der Waals surface area contributed by atoms with Gasteiger partial charge in [0.2, 0.25) is 11.8 Å². The highest BCUT2D eigenvalue weighted by Crippen LogP contribution is 2.22. The molecule has 1 saturated heterocycles. The second kappa shape index (κ2) is 7.44. The van der Waals surface area contributed by atoms with Crippen molar-refractivity contribution in [3.05, 3.63) is 22.0 Å². The summed E-state index contributed by atoms with van der Waals surface area (Å²) in [5, 5.41) is 11.5. The van der Waals surface area contributed by atoms with E-state index in [4.69, 9.17) is 4.42 Å². The number of aromatic nitrogens is 3. The molecule has 2 aromatic rings. The second-order valence-electron chi connectivity index (χ2n) is 5.72. The average molecular weight is 352 g/mol. The fraction of sp³-hybridized carbons (Fsp3) is 0.600. The Labute approximate surface area is 143 Å². The first-order valence-electron chi connectivity index (χ1n) is 7.77. The van der Waals surface area contributed by atoms with E-state index in [9.17, 15) is 4.79 Å². The molecule has 23 heavy (non-hydrogen) atoms. The first-order valence-corrected chi connectivity index (χ1v) is 9.64. The van der Waals surface area contributed by atoms with E-state index in [-0.39, 0.29) is 5.91 Å². The lowest BCUT2D eigenvalue weighted by Gasteiger charge is -2.33. The van der Waals surface area contributed by atoms with Crippen LogP contribution in [0.4, 0.5) is 0 Å². The number of thioether (sulfide) groups is 1. The molecule has 1 aliphatic heterocycles. The molecule has 3 heterocycles. The number of aryl methyl sites for hydroxylation is 1. The van der Waals surface area contributed by atoms with E-state index in [1.54, 1.807) is 11.3 Å². The number of piperidine rings is 1. The Morgan fingerprint density at radius 2 is 2.35 bits per heavy atom. The number of hydrogen-bond donors (Lipinski definition) is 0. The highest BCUT2D eigenvalue weighted by atomic mass is 32.2. The van der Waals surface area contributed by atoms with E-state index < -0.39 is 0 Å². The maximum Gasteiger partial charge on any atom is 0.277 e. The number of rotatable bonds is 5. The summed E-state index contributed by atoms with van der Waals surface area (Å²) in [6, 6.07) is 0.336. The van der Waals surface area contributed by atoms with Gasteiger partial charge in [0, 0.05) is 18.0 Å². The molecule has 0 bridgehead atoms. The molecule has 1 fully saturated rings. The lowest BCUT2D eigenvalue weighted by molar-refractivity contribution is -0.131. The molecule has 0 spiro atoms. The summed E-state index contributed by atoms with van der Waals surface area (Å²) in [6.45, 7) is 4.94. The van der Waals surface area contributed by atoms with Crippen molar-refractivity contribution in [3.8, 4) is 0 Å². The number of carbonyl (C=O) groups is 1. The molecule has 2 aromatic heterocycles. The van der Waals surface area contributed by atoms with Gasteiger partial charge in [-0.3, -0.25) is 4.79 Å². The lowest BCUT2D eigenvalue weighted by atomic mass is 10.0. The summed E-state index contributed by atoms with van der Waals surface area (Å²) in [5.41, 5.74) is 0.936. The third-order valence-electron chi connectivity index (χ3n) is 3.89. The van der Waals surface area contributed by atoms with Crippen molar-refractivity contribution in [1.82, 2.24) is 20.1 Å². The Balaban J connectivity index is 1.51. The van der Waals surface area contributed by atoms with Crippen LogP contribution in [0.5, 0.6) is 0 Å². The fourth-order valence-corrected chi connectivity index (χ4v) is 3.97. The third kappa shape index (κ3) is 4.32. The number of nitrogens with zero attached hydrogens (tertiary/aromatic N) is 4. The van der Waals surface area contributed by atoms with Crippen LogP contribution in [0.25, 0.3) is 0 Å². The molecule has 0 radical (unpaired) electrons. The zero-order chi connectivity index (χ0) is 16.2. The van der Waals surface area contributed by atoms with E-state index in [0.29, 0.717) is 29.3 Å². The van der Waals surface area contributed by atoms with Crippen molar-refractivity contribution in [2.24, 2.45) is 0 Å². The molecule has 124 valence electrons. The van der Waals surface area contributed by atoms with Gasteiger partial charge < -0.3 is 9.32 Å². The SMILES string of the molecule is Cc1nc(Cc2nnc(SCC(=O)N3CCCCC3C)o2)cs1. The molecular weight excluding hydrogens is 332 g/mol. The largest absolute Gasteiger partial charge is 0.416 e. The number of hydrogen-bond acceptors (Lipinski definition) is 7. The molecule has 0 aliphatic carbocycles. The predicted molar refractivity (Wildman–Crippen MR) is 89.7 cm³/mol. The molecule has 1 atom stereocenters. The number of thiazole rings is 1. The van der Waals surface area contributed by atoms with Gasteiger partial charge in [-0.15, -0.1) is 21.5 Å². The monoisotopic (exact) mass is 352 g/mol. The van der Waals surface area contributed by atoms with Gasteiger partial charge in [0.05, 0.1) is 22.9 Å². The molecule has 8 heteroatoms. The summed E-state index contributed by atoms with van der Waals surface area (Å²) >= 11 is 2.92. The van der Waals surface area contributed by atoms with Crippen molar-refractivity contribution >= 4 is 29.0 Å². The minimum absolute atomic E-state index is 0.150. The zero-order valence-corrected chi connectivity index (χ0v) is 15.0. The predicted octanol–water partition coefficient (Wildman–Crippen LogP) is 2.92. The summed E-state index contributed by atoms with van der Waals surface area (Å²) < 4.78 is 5.60. The van der Waals surface area contributed by atoms with Gasteiger partial charge in [0.15, 0.2) is 0 Å². The van der Waals surface area contributed by atoms with Crippen LogP contribution in [-0.4, -0.2) is 44.3 Å². The highest BCUT2D eigenvalue weighted by Gasteiger charge is 2.23. The molecule has 0 saturated carbocycles. The first kappa shape index (κ1) is 16.4. The average Bonchev–Trinajstić information content (AvgIpc) is 3.15. The van der Waals surface area contributed by atoms with Crippen LogP contribution in [0, 0.1) is 6.92 Å². The minimum Gasteiger partial charge on any atom is -0.416 e. The summed E-state index contributed by atoms with van der Waals surface area (Å²) in [5.74, 6) is 1.04. The zero-order valence-electron chi connectivity index (χ0n) is 13.3. The van der Waals surface area contributed by atoms with E-state index in [1.165, 1.54) is 18.2 Å². The number of amides is 1. The van der Waals surface area contributed by atoms with Gasteiger partial charge in [0.25, 0.3) is 5.22 Å². The van der Waals surface area contributed by atoms with Gasteiger partial charge in [0.1, 0.15) is 0 Å². The van der Waals surface area contributed by atoms with Crippen molar-refractivity contribution in [2.75, 3.05) is 12.3 Å². The van der Waals surface area contributed by atoms with Gasteiger partial charge in [-0.25, -0.2) is 4.98 Å². The highest BCUT2D eigenvalue weighted by molar-refractivity contribution is 7.99. The molecule has 6 nitrogen and oxygen atoms in total. The Morgan fingerprint density at radius 3 is 3.09 bits per heavy atom. The van der Waals surface area contributed by atoms with Gasteiger partial charge in [-0.1, -0.05) is 11.8 Å². The van der Waals surface area contributed by atoms with Crippen LogP contribution < -0.4 is 0 Å². The van der Waals surface area contributed by atoms with Crippen molar-refractivity contribution < 1.29 is 9.21 Å². The van der Waals surface area contributed by atoms with Crippen LogP contribution in [0.3, 0.4) is 0 Å². The van der Waals surface area contributed by atoms with Crippen LogP contribution in [0.15, 0.2) is 15.0 Å². The molecule has 1 amide bonds. The first-order chi connectivity index (χ1) is 11.1. The number of carbonyl (C=O) groups excluding carboxylic acids is 1. The van der Waals surface area contributed by atoms with Gasteiger partial charge in [-0.2, -0.15) is 0 Å². The molecule has 3 rings (SSSR count). The van der Waals surface area contributed by atoms with Crippen LogP contribution in [0.2, 0.25) is 0 Å². The lowest BCUT2D eigenvalue weighted by Crippen LogP contribution is -2.42. The minimum atomic E-state index is 0.150. The maximum absolute atomic E-state index is 12.3. The van der Waals surface area contributed by atoms with Crippen LogP contribution in [0.1, 0.15) is 42.8 Å². The van der Waals surface area contributed by atoms with Crippen molar-refractivity contribution in [2.45, 2.75) is 50.8 Å². The Kier molecular flexibility index (Phi) is 5.32. The Bertz CT molecular complexity index is 670. The van der Waals surface area contributed by atoms with E-state index in [1.807, 2.05) is 17.2 Å². The van der Waals surface area contributed by atoms with E-state index in [0.717, 1.165) is 30.1 Å². The third-order valence-corrected chi connectivity index (χ3v) is 5.52. The number of likely N-dealkylation sites (tertiary alicyclic amines) is 1. The van der Waals surface area contributed by atoms with Gasteiger partial charge in [-0.05, 0) is 33.1 Å². The standard InChI is InChI=1S/C15H20N4O2S2/c1-10-5-3-4-6-19(10)14(20)9-23-15-18-17-13(21-15)7-12-8-22-11(2)16-12/h8,10H,3-7,9H2,1-2H3. The smallest absolute Gasteiger partial charge is 0.277 e. The Morgan fingerprint density at radius 1 is 1.48 bits per heavy atom. The fourth-order valence-electron chi connectivity index (χ4n) is 2.69. The molecule has 1 unspecified atom stereocenters. The van der Waals surface area contributed by atoms with Crippen LogP contribution in [-0.2, 0) is 11.2 Å². The van der Waals surface area contributed by atoms with E-state index in [2.05, 4.69) is 22.1 Å². The van der Waals surface area contributed by atoms with Gasteiger partial charge >= 0.3 is 0 Å².